The second-order valence-corrected chi connectivity index (χ2v) is 14.0. The van der Waals surface area contributed by atoms with Crippen molar-refractivity contribution in [2.75, 3.05) is 0 Å². The van der Waals surface area contributed by atoms with Gasteiger partial charge in [-0.3, -0.25) is 6.08 Å². The Morgan fingerprint density at radius 1 is 0.645 bits per heavy atom. The van der Waals surface area contributed by atoms with Crippen LogP contribution in [0.1, 0.15) is 131 Å². The molecule has 0 aromatic rings. The van der Waals surface area contributed by atoms with E-state index in [4.69, 9.17) is 0 Å². The van der Waals surface area contributed by atoms with Crippen LogP contribution in [0.2, 0.25) is 0 Å². The van der Waals surface area contributed by atoms with E-state index in [-0.39, 0.29) is 29.3 Å². The molecule has 0 nitrogen and oxygen atoms in total. The largest absolute Gasteiger partial charge is 2.00 e. The molecule has 0 N–H and O–H groups in total. The normalized spacial score (nSPS) is 25.3. The van der Waals surface area contributed by atoms with Crippen molar-refractivity contribution >= 4 is 7.92 Å². The number of allylic oxidation sites excluding steroid dienone is 4. The van der Waals surface area contributed by atoms with Gasteiger partial charge in [0.1, 0.15) is 0 Å². The number of hydrogen-bond donors (Lipinski definition) is 0. The summed E-state index contributed by atoms with van der Waals surface area (Å²) in [6, 6.07) is 0. The Balaban J connectivity index is 0.000000345. The summed E-state index contributed by atoms with van der Waals surface area (Å²) >= 11 is 0. The molecule has 0 aromatic carbocycles. The standard InChI is InChI=1S/C18H33P.C10H15.CH3.Ni/c1-4-10-16(11-5-1)19(17-12-6-2-7-13-17)18-14-8-3-9-15-18;1-7-6-10(4,5)9(3)8(7)2;;/h16-18H,1-15H2;1-5H3;1H3;/q;2*-1;+2. The van der Waals surface area contributed by atoms with Crippen LogP contribution in [0.3, 0.4) is 0 Å². The Morgan fingerprint density at radius 3 is 1.16 bits per heavy atom. The third-order valence-electron chi connectivity index (χ3n) is 8.55. The van der Waals surface area contributed by atoms with Gasteiger partial charge >= 0.3 is 16.5 Å². The Labute approximate surface area is 207 Å². The molecule has 0 amide bonds. The zero-order valence-corrected chi connectivity index (χ0v) is 23.5. The molecule has 3 saturated carbocycles. The van der Waals surface area contributed by atoms with Crippen LogP contribution in [-0.2, 0) is 16.5 Å². The van der Waals surface area contributed by atoms with Gasteiger partial charge in [0.15, 0.2) is 0 Å². The van der Waals surface area contributed by atoms with E-state index in [1.807, 2.05) is 0 Å². The summed E-state index contributed by atoms with van der Waals surface area (Å²) in [4.78, 5) is 0. The molecular weight excluding hydrogens is 438 g/mol. The van der Waals surface area contributed by atoms with Gasteiger partial charge in [-0.05, 0) is 55.5 Å². The maximum atomic E-state index is 3.44. The average Bonchev–Trinajstić information content (AvgIpc) is 2.92. The number of hydrogen-bond acceptors (Lipinski definition) is 0. The van der Waals surface area contributed by atoms with Crippen LogP contribution >= 0.6 is 7.92 Å². The van der Waals surface area contributed by atoms with E-state index in [1.54, 1.807) is 77.0 Å². The van der Waals surface area contributed by atoms with E-state index in [9.17, 15) is 0 Å². The van der Waals surface area contributed by atoms with Crippen molar-refractivity contribution in [2.24, 2.45) is 5.41 Å². The third kappa shape index (κ3) is 7.99. The Kier molecular flexibility index (Phi) is 13.2. The Hall–Kier alpha value is 0.404. The Morgan fingerprint density at radius 2 is 0.968 bits per heavy atom. The van der Waals surface area contributed by atoms with Crippen LogP contribution in [-0.4, -0.2) is 17.0 Å². The van der Waals surface area contributed by atoms with Crippen LogP contribution in [0.4, 0.5) is 0 Å². The fourth-order valence-corrected chi connectivity index (χ4v) is 11.1. The molecule has 0 radical (unpaired) electrons. The summed E-state index contributed by atoms with van der Waals surface area (Å²) in [5, 5.41) is 0. The predicted molar refractivity (Wildman–Crippen MR) is 139 cm³/mol. The smallest absolute Gasteiger partial charge is 0.358 e. The first-order valence-corrected chi connectivity index (χ1v) is 14.5. The molecule has 0 spiro atoms. The third-order valence-corrected chi connectivity index (χ3v) is 12.6. The molecule has 0 unspecified atom stereocenters. The SMILES string of the molecule is C1CCC(P(C2CCCCC2)C2CCCCC2)CC1.CC1=[C-]C(C)(C)C(C)=C1C.[CH3-].[Ni+2]. The van der Waals surface area contributed by atoms with Crippen LogP contribution in [0.5, 0.6) is 0 Å². The van der Waals surface area contributed by atoms with E-state index in [1.165, 1.54) is 53.0 Å². The van der Waals surface area contributed by atoms with Gasteiger partial charge in [0.25, 0.3) is 0 Å². The number of rotatable bonds is 3. The molecule has 2 heteroatoms. The zero-order chi connectivity index (χ0) is 20.9. The minimum absolute atomic E-state index is 0. The topological polar surface area (TPSA) is 0 Å². The van der Waals surface area contributed by atoms with E-state index >= 15 is 0 Å². The Bertz CT molecular complexity index is 527. The molecule has 4 aliphatic carbocycles. The van der Waals surface area contributed by atoms with Crippen molar-refractivity contribution < 1.29 is 16.5 Å². The molecule has 0 atom stereocenters. The second-order valence-electron chi connectivity index (χ2n) is 10.9. The van der Waals surface area contributed by atoms with Crippen LogP contribution in [0.25, 0.3) is 0 Å². The van der Waals surface area contributed by atoms with E-state index in [0.29, 0.717) is 7.92 Å². The molecule has 0 saturated heterocycles. The first-order chi connectivity index (χ1) is 13.9. The summed E-state index contributed by atoms with van der Waals surface area (Å²) < 4.78 is 0. The van der Waals surface area contributed by atoms with E-state index < -0.39 is 0 Å². The van der Waals surface area contributed by atoms with Gasteiger partial charge in [-0.25, -0.2) is 5.57 Å². The summed E-state index contributed by atoms with van der Waals surface area (Å²) in [7, 11) is 0.385. The van der Waals surface area contributed by atoms with Crippen LogP contribution in [0.15, 0.2) is 16.7 Å². The van der Waals surface area contributed by atoms with Crippen molar-refractivity contribution in [2.45, 2.75) is 148 Å². The maximum Gasteiger partial charge on any atom is 2.00 e. The molecule has 0 aliphatic heterocycles. The molecular formula is C29H51NiP. The van der Waals surface area contributed by atoms with Crippen LogP contribution < -0.4 is 0 Å². The first-order valence-electron chi connectivity index (χ1n) is 13.0. The van der Waals surface area contributed by atoms with Crippen molar-refractivity contribution in [3.05, 3.63) is 30.2 Å². The molecule has 0 bridgehead atoms. The summed E-state index contributed by atoms with van der Waals surface area (Å²) in [6.07, 6.45) is 27.1. The van der Waals surface area contributed by atoms with Crippen molar-refractivity contribution in [3.63, 3.8) is 0 Å². The predicted octanol–water partition coefficient (Wildman–Crippen LogP) is 10.0. The van der Waals surface area contributed by atoms with Gasteiger partial charge in [0, 0.05) is 0 Å². The summed E-state index contributed by atoms with van der Waals surface area (Å²) in [5.74, 6) is 0. The second kappa shape index (κ2) is 14.0. The fourth-order valence-electron chi connectivity index (χ4n) is 6.44. The zero-order valence-electron chi connectivity index (χ0n) is 21.6. The quantitative estimate of drug-likeness (QED) is 0.210. The molecule has 4 aliphatic rings. The average molecular weight is 489 g/mol. The monoisotopic (exact) mass is 488 g/mol. The summed E-state index contributed by atoms with van der Waals surface area (Å²) in [5.41, 5.74) is 7.96. The molecule has 0 aromatic heterocycles. The van der Waals surface area contributed by atoms with Crippen molar-refractivity contribution in [1.29, 1.82) is 0 Å². The first kappa shape index (κ1) is 29.4. The van der Waals surface area contributed by atoms with Gasteiger partial charge in [-0.2, -0.15) is 11.1 Å². The minimum atomic E-state index is 0. The minimum Gasteiger partial charge on any atom is -0.358 e. The van der Waals surface area contributed by atoms with Gasteiger partial charge in [0.05, 0.1) is 0 Å². The molecule has 0 heterocycles. The molecule has 4 rings (SSSR count). The van der Waals surface area contributed by atoms with Gasteiger partial charge in [0.2, 0.25) is 0 Å². The summed E-state index contributed by atoms with van der Waals surface area (Å²) in [6.45, 7) is 10.9. The molecule has 182 valence electrons. The van der Waals surface area contributed by atoms with Gasteiger partial charge in [-0.15, -0.1) is 6.92 Å². The van der Waals surface area contributed by atoms with Crippen LogP contribution in [0, 0.1) is 18.9 Å². The maximum absolute atomic E-state index is 3.44. The van der Waals surface area contributed by atoms with Gasteiger partial charge < -0.3 is 7.43 Å². The molecule has 3 fully saturated rings. The van der Waals surface area contributed by atoms with Crippen molar-refractivity contribution in [1.82, 2.24) is 0 Å². The van der Waals surface area contributed by atoms with Crippen molar-refractivity contribution in [3.8, 4) is 0 Å². The van der Waals surface area contributed by atoms with E-state index in [2.05, 4.69) is 40.7 Å². The van der Waals surface area contributed by atoms with Gasteiger partial charge in [-0.1, -0.05) is 98.8 Å². The molecule has 31 heavy (non-hydrogen) atoms. The van der Waals surface area contributed by atoms with E-state index in [0.717, 1.165) is 0 Å². The fraction of sp³-hybridized carbons (Fsp3) is 0.828.